The molecule has 1 aliphatic carbocycles. The van der Waals surface area contributed by atoms with Gasteiger partial charge >= 0.3 is 18.9 Å². The fraction of sp³-hybridized carbons (Fsp3) is 0.900. The molecule has 0 N–H and O–H groups in total. The van der Waals surface area contributed by atoms with E-state index in [2.05, 4.69) is 0 Å². The minimum absolute atomic E-state index is 0. The van der Waals surface area contributed by atoms with Crippen molar-refractivity contribution in [3.8, 4) is 0 Å². The molecule has 1 saturated heterocycles. The summed E-state index contributed by atoms with van der Waals surface area (Å²) in [5.41, 5.74) is 0. The van der Waals surface area contributed by atoms with E-state index in [0.29, 0.717) is 5.92 Å². The number of aliphatic carboxylic acids is 1. The van der Waals surface area contributed by atoms with Gasteiger partial charge in [0, 0.05) is 11.4 Å². The largest absolute Gasteiger partial charge is 1.00 e. The summed E-state index contributed by atoms with van der Waals surface area (Å²) in [4.78, 5) is 10.9. The number of carbonyl (C=O) groups excluding carboxylic acids is 1. The maximum atomic E-state index is 12.0. The summed E-state index contributed by atoms with van der Waals surface area (Å²) < 4.78 is 13.2. The molecule has 16 heavy (non-hydrogen) atoms. The normalized spacial score (nSPS) is 35.1. The zero-order valence-corrected chi connectivity index (χ0v) is 11.0. The predicted molar refractivity (Wildman–Crippen MR) is 55.0 cm³/mol. The van der Waals surface area contributed by atoms with Crippen molar-refractivity contribution in [2.24, 2.45) is 5.92 Å². The molecule has 1 heterocycles. The van der Waals surface area contributed by atoms with Gasteiger partial charge in [-0.15, -0.1) is 4.31 Å². The van der Waals surface area contributed by atoms with E-state index < -0.39 is 28.1 Å². The van der Waals surface area contributed by atoms with Gasteiger partial charge in [0.2, 0.25) is 0 Å². The van der Waals surface area contributed by atoms with Crippen molar-refractivity contribution < 1.29 is 33.3 Å². The standard InChI is InChI=1S/C10H17NO3S.Li/c1-10(2,3)15(14)11-7(6-4-5-6)8(11)9(12)13;/h6-8H,4-5H2,1-3H3,(H,12,13);/q;+1/p-1/t7-,8-,11?,15-;/m1./s1. The fourth-order valence-electron chi connectivity index (χ4n) is 1.91. The third kappa shape index (κ3) is 2.60. The molecule has 0 aromatic rings. The van der Waals surface area contributed by atoms with E-state index in [0.717, 1.165) is 12.8 Å². The Bertz CT molecular complexity index is 290. The summed E-state index contributed by atoms with van der Waals surface area (Å²) in [5, 5.41) is 10.9. The molecule has 0 bridgehead atoms. The van der Waals surface area contributed by atoms with Crippen LogP contribution in [0.1, 0.15) is 33.6 Å². The minimum atomic E-state index is -1.23. The molecule has 1 aliphatic heterocycles. The second-order valence-electron chi connectivity index (χ2n) is 5.31. The monoisotopic (exact) mass is 237 g/mol. The van der Waals surface area contributed by atoms with Crippen molar-refractivity contribution in [3.05, 3.63) is 0 Å². The van der Waals surface area contributed by atoms with Gasteiger partial charge in [-0.05, 0) is 39.5 Å². The Hall–Kier alpha value is 0.337. The molecular weight excluding hydrogens is 221 g/mol. The van der Waals surface area contributed by atoms with E-state index in [4.69, 9.17) is 0 Å². The summed E-state index contributed by atoms with van der Waals surface area (Å²) >= 11 is -1.23. The van der Waals surface area contributed by atoms with Crippen LogP contribution in [0.5, 0.6) is 0 Å². The molecule has 4 nitrogen and oxygen atoms in total. The number of hydrogen-bond donors (Lipinski definition) is 0. The third-order valence-electron chi connectivity index (χ3n) is 2.86. The Labute approximate surface area is 111 Å². The quantitative estimate of drug-likeness (QED) is 0.292. The van der Waals surface area contributed by atoms with Gasteiger partial charge < -0.3 is 14.5 Å². The van der Waals surface area contributed by atoms with Crippen molar-refractivity contribution in [2.45, 2.75) is 50.4 Å². The summed E-state index contributed by atoms with van der Waals surface area (Å²) in [6, 6.07) is -0.646. The SMILES string of the molecule is CC(C)(C)[S@@+]([O-])N1[C@H](C2CC2)[C@@H]1C(=O)[O-].[Li+]. The summed E-state index contributed by atoms with van der Waals surface area (Å²) in [5.74, 6) is -0.649. The summed E-state index contributed by atoms with van der Waals surface area (Å²) in [7, 11) is 0. The number of carboxylic acid groups (broad SMARTS) is 1. The molecule has 0 aromatic carbocycles. The van der Waals surface area contributed by atoms with E-state index in [-0.39, 0.29) is 24.9 Å². The van der Waals surface area contributed by atoms with Gasteiger partial charge in [0.05, 0.1) is 12.0 Å². The molecule has 0 amide bonds. The maximum Gasteiger partial charge on any atom is 1.00 e. The third-order valence-corrected chi connectivity index (χ3v) is 4.76. The van der Waals surface area contributed by atoms with E-state index in [1.807, 2.05) is 20.8 Å². The smallest absolute Gasteiger partial charge is 0.597 e. The maximum absolute atomic E-state index is 12.0. The van der Waals surface area contributed by atoms with E-state index >= 15 is 0 Å². The zero-order valence-electron chi connectivity index (χ0n) is 10.2. The van der Waals surface area contributed by atoms with Crippen LogP contribution < -0.4 is 24.0 Å². The van der Waals surface area contributed by atoms with Crippen LogP contribution in [-0.4, -0.2) is 31.7 Å². The van der Waals surface area contributed by atoms with Crippen LogP contribution in [0.4, 0.5) is 0 Å². The summed E-state index contributed by atoms with van der Waals surface area (Å²) in [6.07, 6.45) is 2.12. The molecule has 1 saturated carbocycles. The second-order valence-corrected chi connectivity index (χ2v) is 7.46. The topological polar surface area (TPSA) is 66.2 Å². The van der Waals surface area contributed by atoms with Gasteiger partial charge in [0.1, 0.15) is 10.8 Å². The van der Waals surface area contributed by atoms with Crippen molar-refractivity contribution in [1.29, 1.82) is 0 Å². The van der Waals surface area contributed by atoms with Gasteiger partial charge in [0.15, 0.2) is 0 Å². The molecule has 86 valence electrons. The van der Waals surface area contributed by atoms with Crippen LogP contribution in [-0.2, 0) is 16.2 Å². The zero-order chi connectivity index (χ0) is 11.4. The molecule has 6 heteroatoms. The Kier molecular flexibility index (Phi) is 4.09. The number of hydrogen-bond acceptors (Lipinski definition) is 4. The average molecular weight is 237 g/mol. The Morgan fingerprint density at radius 3 is 2.19 bits per heavy atom. The van der Waals surface area contributed by atoms with Gasteiger partial charge in [-0.1, -0.05) is 0 Å². The molecule has 0 aromatic heterocycles. The first-order valence-electron chi connectivity index (χ1n) is 5.25. The molecule has 2 rings (SSSR count). The summed E-state index contributed by atoms with van der Waals surface area (Å²) in [6.45, 7) is 5.58. The molecule has 0 radical (unpaired) electrons. The number of carbonyl (C=O) groups is 1. The first-order chi connectivity index (χ1) is 6.84. The molecule has 1 unspecified atom stereocenters. The fourth-order valence-corrected chi connectivity index (χ4v) is 3.41. The molecule has 2 aliphatic rings. The van der Waals surface area contributed by atoms with Crippen molar-refractivity contribution in [3.63, 3.8) is 0 Å². The van der Waals surface area contributed by atoms with Crippen LogP contribution in [0.15, 0.2) is 0 Å². The average Bonchev–Trinajstić information content (AvgIpc) is 2.94. The minimum Gasteiger partial charge on any atom is -0.597 e. The number of carboxylic acids is 1. The first kappa shape index (κ1) is 14.4. The molecule has 4 atom stereocenters. The second kappa shape index (κ2) is 4.55. The Balaban J connectivity index is 0.00000128. The Morgan fingerprint density at radius 2 is 1.88 bits per heavy atom. The van der Waals surface area contributed by atoms with Crippen LogP contribution in [0.3, 0.4) is 0 Å². The van der Waals surface area contributed by atoms with Crippen LogP contribution in [0.25, 0.3) is 0 Å². The first-order valence-corrected chi connectivity index (χ1v) is 6.36. The van der Waals surface area contributed by atoms with E-state index in [1.54, 1.807) is 4.31 Å². The molecule has 0 spiro atoms. The van der Waals surface area contributed by atoms with Gasteiger partial charge in [-0.2, -0.15) is 0 Å². The van der Waals surface area contributed by atoms with E-state index in [1.165, 1.54) is 0 Å². The van der Waals surface area contributed by atoms with Gasteiger partial charge in [-0.25, -0.2) is 0 Å². The number of rotatable bonds is 3. The van der Waals surface area contributed by atoms with Crippen LogP contribution in [0, 0.1) is 5.92 Å². The number of nitrogens with zero attached hydrogens (tertiary/aromatic N) is 1. The predicted octanol–water partition coefficient (Wildman–Crippen LogP) is -3.33. The van der Waals surface area contributed by atoms with Crippen LogP contribution >= 0.6 is 0 Å². The van der Waals surface area contributed by atoms with Crippen LogP contribution in [0.2, 0.25) is 0 Å². The van der Waals surface area contributed by atoms with Gasteiger partial charge in [0.25, 0.3) is 0 Å². The molecular formula is C10H16LiNO3S. The van der Waals surface area contributed by atoms with E-state index in [9.17, 15) is 14.5 Å². The van der Waals surface area contributed by atoms with Crippen molar-refractivity contribution in [2.75, 3.05) is 0 Å². The Morgan fingerprint density at radius 1 is 1.38 bits per heavy atom. The van der Waals surface area contributed by atoms with Crippen molar-refractivity contribution >= 4 is 17.3 Å². The van der Waals surface area contributed by atoms with Crippen molar-refractivity contribution in [1.82, 2.24) is 4.31 Å². The molecule has 2 fully saturated rings. The van der Waals surface area contributed by atoms with Gasteiger partial charge in [-0.3, -0.25) is 0 Å².